The van der Waals surface area contributed by atoms with E-state index in [0.29, 0.717) is 19.1 Å². The normalized spacial score (nSPS) is 28.4. The Kier molecular flexibility index (Phi) is 4.05. The van der Waals surface area contributed by atoms with Crippen molar-refractivity contribution < 1.29 is 13.6 Å². The van der Waals surface area contributed by atoms with Crippen molar-refractivity contribution in [3.63, 3.8) is 0 Å². The predicted octanol–water partition coefficient (Wildman–Crippen LogP) is 3.94. The standard InChI is InChI=1S/C14H22NO3P/c1-14(2,3)12-10-15(13-8-6-5-7-9-13)19(16,17-4)18-11-12/h5-9,12H,10-11H2,1-4H3/t12?,19-/m0/s1. The highest BCUT2D eigenvalue weighted by Gasteiger charge is 2.43. The molecule has 1 aromatic carbocycles. The first-order chi connectivity index (χ1) is 8.87. The third-order valence-electron chi connectivity index (χ3n) is 3.64. The van der Waals surface area contributed by atoms with Crippen LogP contribution in [-0.2, 0) is 13.6 Å². The molecule has 106 valence electrons. The zero-order valence-corrected chi connectivity index (χ0v) is 12.9. The van der Waals surface area contributed by atoms with E-state index in [2.05, 4.69) is 20.8 Å². The molecule has 1 unspecified atom stereocenters. The highest BCUT2D eigenvalue weighted by atomic mass is 31.2. The second-order valence-corrected chi connectivity index (χ2v) is 7.97. The maximum absolute atomic E-state index is 12.7. The van der Waals surface area contributed by atoms with Crippen LogP contribution in [0, 0.1) is 11.3 Å². The molecular weight excluding hydrogens is 261 g/mol. The minimum atomic E-state index is -3.20. The molecule has 19 heavy (non-hydrogen) atoms. The number of hydrogen-bond acceptors (Lipinski definition) is 3. The smallest absolute Gasteiger partial charge is 0.296 e. The Labute approximate surface area is 115 Å². The van der Waals surface area contributed by atoms with E-state index >= 15 is 0 Å². The Morgan fingerprint density at radius 3 is 2.47 bits per heavy atom. The monoisotopic (exact) mass is 283 g/mol. The molecule has 1 aromatic rings. The Morgan fingerprint density at radius 1 is 1.32 bits per heavy atom. The van der Waals surface area contributed by atoms with Crippen molar-refractivity contribution >= 4 is 13.4 Å². The van der Waals surface area contributed by atoms with Gasteiger partial charge in [-0.25, -0.2) is 4.57 Å². The van der Waals surface area contributed by atoms with E-state index in [1.54, 1.807) is 4.67 Å². The molecule has 0 saturated carbocycles. The molecule has 1 heterocycles. The summed E-state index contributed by atoms with van der Waals surface area (Å²) in [4.78, 5) is 0. The van der Waals surface area contributed by atoms with Gasteiger partial charge in [0.1, 0.15) is 0 Å². The molecule has 0 aromatic heterocycles. The molecule has 1 saturated heterocycles. The fourth-order valence-electron chi connectivity index (χ4n) is 2.14. The van der Waals surface area contributed by atoms with Gasteiger partial charge < -0.3 is 0 Å². The molecule has 1 aliphatic heterocycles. The number of hydrogen-bond donors (Lipinski definition) is 0. The van der Waals surface area contributed by atoms with Gasteiger partial charge in [0, 0.05) is 25.3 Å². The maximum Gasteiger partial charge on any atom is 0.435 e. The van der Waals surface area contributed by atoms with Crippen LogP contribution in [0.5, 0.6) is 0 Å². The minimum Gasteiger partial charge on any atom is -0.296 e. The van der Waals surface area contributed by atoms with E-state index in [9.17, 15) is 4.57 Å². The Hall–Kier alpha value is -0.830. The topological polar surface area (TPSA) is 38.8 Å². The van der Waals surface area contributed by atoms with Gasteiger partial charge in [0.2, 0.25) is 0 Å². The second-order valence-electron chi connectivity index (χ2n) is 5.93. The number of nitrogens with zero attached hydrogens (tertiary/aromatic N) is 1. The summed E-state index contributed by atoms with van der Waals surface area (Å²) in [7, 11) is -1.76. The van der Waals surface area contributed by atoms with Crippen LogP contribution in [0.3, 0.4) is 0 Å². The lowest BCUT2D eigenvalue weighted by atomic mass is 9.81. The maximum atomic E-state index is 12.7. The first kappa shape index (κ1) is 14.6. The van der Waals surface area contributed by atoms with E-state index in [1.165, 1.54) is 7.11 Å². The summed E-state index contributed by atoms with van der Waals surface area (Å²) in [5, 5.41) is 0. The summed E-state index contributed by atoms with van der Waals surface area (Å²) in [5.41, 5.74) is 0.980. The van der Waals surface area contributed by atoms with Gasteiger partial charge in [-0.3, -0.25) is 13.7 Å². The zero-order valence-electron chi connectivity index (χ0n) is 12.0. The van der Waals surface area contributed by atoms with E-state index in [0.717, 1.165) is 5.69 Å². The molecule has 0 N–H and O–H groups in total. The summed E-state index contributed by atoms with van der Waals surface area (Å²) in [6, 6.07) is 9.65. The van der Waals surface area contributed by atoms with Crippen LogP contribution in [0.2, 0.25) is 0 Å². The second kappa shape index (κ2) is 5.28. The van der Waals surface area contributed by atoms with Crippen LogP contribution in [0.4, 0.5) is 5.69 Å². The zero-order chi connectivity index (χ0) is 14.1. The van der Waals surface area contributed by atoms with Crippen LogP contribution < -0.4 is 4.67 Å². The van der Waals surface area contributed by atoms with E-state index in [1.807, 2.05) is 30.3 Å². The first-order valence-corrected chi connectivity index (χ1v) is 8.00. The van der Waals surface area contributed by atoms with Crippen LogP contribution in [0.1, 0.15) is 20.8 Å². The van der Waals surface area contributed by atoms with Crippen LogP contribution in [0.25, 0.3) is 0 Å². The fraction of sp³-hybridized carbons (Fsp3) is 0.571. The Morgan fingerprint density at radius 2 is 1.95 bits per heavy atom. The number of benzene rings is 1. The largest absolute Gasteiger partial charge is 0.435 e. The third-order valence-corrected chi connectivity index (χ3v) is 5.56. The van der Waals surface area contributed by atoms with Gasteiger partial charge in [-0.2, -0.15) is 0 Å². The van der Waals surface area contributed by atoms with Gasteiger partial charge in [0.15, 0.2) is 0 Å². The summed E-state index contributed by atoms with van der Waals surface area (Å²) in [6.07, 6.45) is 0. The number of para-hydroxylation sites is 1. The first-order valence-electron chi connectivity index (χ1n) is 6.50. The van der Waals surface area contributed by atoms with Crippen molar-refractivity contribution in [1.29, 1.82) is 0 Å². The van der Waals surface area contributed by atoms with Gasteiger partial charge in [-0.15, -0.1) is 0 Å². The summed E-state index contributed by atoms with van der Waals surface area (Å²) >= 11 is 0. The molecule has 5 heteroatoms. The molecule has 1 aliphatic rings. The van der Waals surface area contributed by atoms with Crippen LogP contribution >= 0.6 is 7.75 Å². The van der Waals surface area contributed by atoms with Crippen molar-refractivity contribution in [2.24, 2.45) is 11.3 Å². The van der Waals surface area contributed by atoms with E-state index < -0.39 is 7.75 Å². The molecule has 1 fully saturated rings. The SMILES string of the molecule is CO[P@]1(=O)OCC(C(C)(C)C)CN1c1ccccc1. The molecule has 0 bridgehead atoms. The number of rotatable bonds is 2. The number of anilines is 1. The lowest BCUT2D eigenvalue weighted by Gasteiger charge is -2.43. The van der Waals surface area contributed by atoms with Crippen molar-refractivity contribution in [3.8, 4) is 0 Å². The molecule has 0 spiro atoms. The van der Waals surface area contributed by atoms with Crippen molar-refractivity contribution in [2.75, 3.05) is 24.9 Å². The summed E-state index contributed by atoms with van der Waals surface area (Å²) < 4.78 is 25.2. The van der Waals surface area contributed by atoms with Gasteiger partial charge in [0.25, 0.3) is 0 Å². The quantitative estimate of drug-likeness (QED) is 0.771. The highest BCUT2D eigenvalue weighted by Crippen LogP contribution is 2.57. The van der Waals surface area contributed by atoms with Crippen molar-refractivity contribution in [1.82, 2.24) is 0 Å². The molecular formula is C14H22NO3P. The molecule has 4 nitrogen and oxygen atoms in total. The average Bonchev–Trinajstić information content (AvgIpc) is 2.39. The van der Waals surface area contributed by atoms with Gasteiger partial charge >= 0.3 is 7.75 Å². The van der Waals surface area contributed by atoms with Crippen LogP contribution in [-0.4, -0.2) is 20.3 Å². The molecule has 0 amide bonds. The lowest BCUT2D eigenvalue weighted by molar-refractivity contribution is 0.112. The van der Waals surface area contributed by atoms with Crippen LogP contribution in [0.15, 0.2) is 30.3 Å². The molecule has 0 radical (unpaired) electrons. The predicted molar refractivity (Wildman–Crippen MR) is 77.3 cm³/mol. The van der Waals surface area contributed by atoms with E-state index in [4.69, 9.17) is 9.05 Å². The Bertz CT molecular complexity index is 469. The Balaban J connectivity index is 2.32. The third kappa shape index (κ3) is 3.02. The van der Waals surface area contributed by atoms with Crippen molar-refractivity contribution in [2.45, 2.75) is 20.8 Å². The summed E-state index contributed by atoms with van der Waals surface area (Å²) in [6.45, 7) is 7.67. The van der Waals surface area contributed by atoms with Gasteiger partial charge in [0.05, 0.1) is 6.61 Å². The minimum absolute atomic E-state index is 0.103. The highest BCUT2D eigenvalue weighted by molar-refractivity contribution is 7.55. The molecule has 0 aliphatic carbocycles. The van der Waals surface area contributed by atoms with Gasteiger partial charge in [-0.1, -0.05) is 39.0 Å². The van der Waals surface area contributed by atoms with Gasteiger partial charge in [-0.05, 0) is 17.5 Å². The average molecular weight is 283 g/mol. The van der Waals surface area contributed by atoms with Crippen molar-refractivity contribution in [3.05, 3.63) is 30.3 Å². The summed E-state index contributed by atoms with van der Waals surface area (Å²) in [5.74, 6) is 0.310. The molecule has 2 atom stereocenters. The molecule has 2 rings (SSSR count). The lowest BCUT2D eigenvalue weighted by Crippen LogP contribution is -2.41. The van der Waals surface area contributed by atoms with E-state index in [-0.39, 0.29) is 5.41 Å². The fourth-order valence-corrected chi connectivity index (χ4v) is 3.76.